The minimum absolute atomic E-state index is 0.973. The van der Waals surface area contributed by atoms with Crippen LogP contribution in [0.4, 0.5) is 0 Å². The van der Waals surface area contributed by atoms with Crippen LogP contribution in [0, 0.1) is 13.8 Å². The van der Waals surface area contributed by atoms with E-state index in [9.17, 15) is 0 Å². The molecule has 0 bridgehead atoms. The molecular formula is C18H20. The fourth-order valence-electron chi connectivity index (χ4n) is 2.22. The van der Waals surface area contributed by atoms with Crippen LogP contribution >= 0.6 is 0 Å². The lowest BCUT2D eigenvalue weighted by atomic mass is 9.95. The van der Waals surface area contributed by atoms with E-state index in [1.807, 2.05) is 0 Å². The van der Waals surface area contributed by atoms with Crippen LogP contribution in [0.2, 0.25) is 0 Å². The molecule has 0 aliphatic carbocycles. The summed E-state index contributed by atoms with van der Waals surface area (Å²) in [6.07, 6.45) is 1.95. The molecule has 0 saturated carbocycles. The summed E-state index contributed by atoms with van der Waals surface area (Å²) in [7, 11) is 0. The molecule has 0 unspecified atom stereocenters. The van der Waals surface area contributed by atoms with Gasteiger partial charge in [0.1, 0.15) is 0 Å². The van der Waals surface area contributed by atoms with Crippen molar-refractivity contribution in [1.29, 1.82) is 0 Å². The number of benzene rings is 2. The minimum Gasteiger partial charge on any atom is -0.0992 e. The highest BCUT2D eigenvalue weighted by Gasteiger charge is 2.03. The van der Waals surface area contributed by atoms with Crippen LogP contribution in [-0.2, 0) is 12.8 Å². The molecule has 0 heteroatoms. The van der Waals surface area contributed by atoms with Gasteiger partial charge in [0.05, 0.1) is 0 Å². The number of aryl methyl sites for hydroxylation is 2. The second-order valence-electron chi connectivity index (χ2n) is 4.96. The Morgan fingerprint density at radius 1 is 0.778 bits per heavy atom. The third kappa shape index (κ3) is 3.10. The van der Waals surface area contributed by atoms with Gasteiger partial charge in [-0.2, -0.15) is 0 Å². The Kier molecular flexibility index (Phi) is 3.99. The first-order chi connectivity index (χ1) is 8.66. The van der Waals surface area contributed by atoms with E-state index in [0.717, 1.165) is 12.8 Å². The third-order valence-electron chi connectivity index (χ3n) is 3.40. The zero-order chi connectivity index (χ0) is 13.0. The normalized spacial score (nSPS) is 10.3. The van der Waals surface area contributed by atoms with Gasteiger partial charge >= 0.3 is 0 Å². The van der Waals surface area contributed by atoms with E-state index in [2.05, 4.69) is 69.0 Å². The number of rotatable bonds is 4. The first-order valence-corrected chi connectivity index (χ1v) is 6.42. The Balaban J connectivity index is 2.06. The summed E-state index contributed by atoms with van der Waals surface area (Å²) in [6.45, 7) is 8.55. The zero-order valence-electron chi connectivity index (χ0n) is 11.2. The minimum atomic E-state index is 0.973. The summed E-state index contributed by atoms with van der Waals surface area (Å²) in [6, 6.07) is 17.1. The zero-order valence-corrected chi connectivity index (χ0v) is 11.2. The molecule has 0 N–H and O–H groups in total. The maximum absolute atomic E-state index is 4.23. The highest BCUT2D eigenvalue weighted by atomic mass is 14.1. The van der Waals surface area contributed by atoms with Crippen molar-refractivity contribution in [1.82, 2.24) is 0 Å². The third-order valence-corrected chi connectivity index (χ3v) is 3.40. The lowest BCUT2D eigenvalue weighted by Gasteiger charge is -2.10. The maximum atomic E-state index is 4.23. The standard InChI is InChI=1S/C18H20/c1-14(12-17-10-6-4-8-15(17)2)13-18-11-7-5-9-16(18)3/h4-11H,1,12-13H2,2-3H3. The van der Waals surface area contributed by atoms with Gasteiger partial charge in [0.25, 0.3) is 0 Å². The Bertz CT molecular complexity index is 500. The molecular weight excluding hydrogens is 216 g/mol. The van der Waals surface area contributed by atoms with Crippen molar-refractivity contribution in [3.05, 3.63) is 82.9 Å². The van der Waals surface area contributed by atoms with E-state index < -0.39 is 0 Å². The predicted molar refractivity (Wildman–Crippen MR) is 78.9 cm³/mol. The molecule has 2 aromatic carbocycles. The molecule has 2 rings (SSSR count). The summed E-state index contributed by atoms with van der Waals surface area (Å²) >= 11 is 0. The van der Waals surface area contributed by atoms with Crippen molar-refractivity contribution in [3.8, 4) is 0 Å². The van der Waals surface area contributed by atoms with Gasteiger partial charge in [-0.05, 0) is 48.9 Å². The molecule has 0 radical (unpaired) electrons. The highest BCUT2D eigenvalue weighted by Crippen LogP contribution is 2.17. The molecule has 0 fully saturated rings. The largest absolute Gasteiger partial charge is 0.0992 e. The Labute approximate surface area is 110 Å². The summed E-state index contributed by atoms with van der Waals surface area (Å²) in [5, 5.41) is 0. The molecule has 0 heterocycles. The lowest BCUT2D eigenvalue weighted by Crippen LogP contribution is -1.97. The summed E-state index contributed by atoms with van der Waals surface area (Å²) < 4.78 is 0. The van der Waals surface area contributed by atoms with Crippen LogP contribution in [0.15, 0.2) is 60.7 Å². The van der Waals surface area contributed by atoms with Crippen molar-refractivity contribution in [2.24, 2.45) is 0 Å². The van der Waals surface area contributed by atoms with Crippen LogP contribution in [0.1, 0.15) is 22.3 Å². The molecule has 0 aliphatic heterocycles. The number of hydrogen-bond donors (Lipinski definition) is 0. The topological polar surface area (TPSA) is 0 Å². The van der Waals surface area contributed by atoms with Gasteiger partial charge in [0.15, 0.2) is 0 Å². The van der Waals surface area contributed by atoms with Gasteiger partial charge in [-0.3, -0.25) is 0 Å². The van der Waals surface area contributed by atoms with Gasteiger partial charge in [0, 0.05) is 0 Å². The second-order valence-corrected chi connectivity index (χ2v) is 4.96. The first kappa shape index (κ1) is 12.6. The predicted octanol–water partition coefficient (Wildman–Crippen LogP) is 4.64. The fraction of sp³-hybridized carbons (Fsp3) is 0.222. The molecule has 92 valence electrons. The molecule has 0 saturated heterocycles. The average Bonchev–Trinajstić information content (AvgIpc) is 2.35. The fourth-order valence-corrected chi connectivity index (χ4v) is 2.22. The van der Waals surface area contributed by atoms with E-state index >= 15 is 0 Å². The first-order valence-electron chi connectivity index (χ1n) is 6.42. The molecule has 0 nitrogen and oxygen atoms in total. The molecule has 18 heavy (non-hydrogen) atoms. The molecule has 0 spiro atoms. The van der Waals surface area contributed by atoms with Crippen molar-refractivity contribution >= 4 is 0 Å². The van der Waals surface area contributed by atoms with Gasteiger partial charge in [-0.25, -0.2) is 0 Å². The van der Waals surface area contributed by atoms with Crippen molar-refractivity contribution in [2.75, 3.05) is 0 Å². The van der Waals surface area contributed by atoms with Crippen molar-refractivity contribution in [3.63, 3.8) is 0 Å². The van der Waals surface area contributed by atoms with Crippen LogP contribution < -0.4 is 0 Å². The van der Waals surface area contributed by atoms with E-state index in [1.54, 1.807) is 0 Å². The quantitative estimate of drug-likeness (QED) is 0.678. The Morgan fingerprint density at radius 2 is 1.17 bits per heavy atom. The van der Waals surface area contributed by atoms with E-state index in [4.69, 9.17) is 0 Å². The molecule has 0 aliphatic rings. The van der Waals surface area contributed by atoms with E-state index in [1.165, 1.54) is 27.8 Å². The second kappa shape index (κ2) is 5.68. The van der Waals surface area contributed by atoms with Gasteiger partial charge in [-0.15, -0.1) is 0 Å². The van der Waals surface area contributed by atoms with Crippen LogP contribution in [0.3, 0.4) is 0 Å². The van der Waals surface area contributed by atoms with E-state index in [-0.39, 0.29) is 0 Å². The smallest absolute Gasteiger partial charge is 0.00639 e. The number of hydrogen-bond acceptors (Lipinski definition) is 0. The molecule has 0 aromatic heterocycles. The van der Waals surface area contributed by atoms with Gasteiger partial charge in [-0.1, -0.05) is 60.7 Å². The van der Waals surface area contributed by atoms with Crippen LogP contribution in [0.25, 0.3) is 0 Å². The van der Waals surface area contributed by atoms with Gasteiger partial charge in [0.2, 0.25) is 0 Å². The average molecular weight is 236 g/mol. The maximum Gasteiger partial charge on any atom is -0.00639 e. The molecule has 0 atom stereocenters. The lowest BCUT2D eigenvalue weighted by molar-refractivity contribution is 1.02. The Hall–Kier alpha value is -1.82. The van der Waals surface area contributed by atoms with Crippen LogP contribution in [-0.4, -0.2) is 0 Å². The van der Waals surface area contributed by atoms with Crippen molar-refractivity contribution in [2.45, 2.75) is 26.7 Å². The SMILES string of the molecule is C=C(Cc1ccccc1C)Cc1ccccc1C. The van der Waals surface area contributed by atoms with Crippen molar-refractivity contribution < 1.29 is 0 Å². The summed E-state index contributed by atoms with van der Waals surface area (Å²) in [5.74, 6) is 0. The molecule has 0 amide bonds. The molecule has 2 aromatic rings. The van der Waals surface area contributed by atoms with Crippen LogP contribution in [0.5, 0.6) is 0 Å². The van der Waals surface area contributed by atoms with Gasteiger partial charge < -0.3 is 0 Å². The monoisotopic (exact) mass is 236 g/mol. The Morgan fingerprint density at radius 3 is 1.56 bits per heavy atom. The number of allylic oxidation sites excluding steroid dienone is 1. The summed E-state index contributed by atoms with van der Waals surface area (Å²) in [4.78, 5) is 0. The van der Waals surface area contributed by atoms with E-state index in [0.29, 0.717) is 0 Å². The highest BCUT2D eigenvalue weighted by molar-refractivity contribution is 5.33. The summed E-state index contributed by atoms with van der Waals surface area (Å²) in [5.41, 5.74) is 6.75.